The lowest BCUT2D eigenvalue weighted by Gasteiger charge is -2.24. The van der Waals surface area contributed by atoms with Gasteiger partial charge in [-0.2, -0.15) is 0 Å². The molecule has 0 aliphatic rings. The van der Waals surface area contributed by atoms with Crippen molar-refractivity contribution in [2.75, 3.05) is 14.2 Å². The number of rotatable bonds is 9. The molecule has 0 heterocycles. The fourth-order valence-electron chi connectivity index (χ4n) is 2.84. The second-order valence-corrected chi connectivity index (χ2v) is 6.87. The van der Waals surface area contributed by atoms with E-state index >= 15 is 0 Å². The first-order chi connectivity index (χ1) is 12.9. The van der Waals surface area contributed by atoms with Gasteiger partial charge in [0, 0.05) is 0 Å². The third kappa shape index (κ3) is 5.91. The Kier molecular flexibility index (Phi) is 7.53. The largest absolute Gasteiger partial charge is 0.497 e. The first kappa shape index (κ1) is 20.6. The van der Waals surface area contributed by atoms with Crippen LogP contribution in [-0.4, -0.2) is 26.2 Å². The molecule has 0 aromatic heterocycles. The van der Waals surface area contributed by atoms with Gasteiger partial charge in [0.05, 0.1) is 20.3 Å². The van der Waals surface area contributed by atoms with Crippen molar-refractivity contribution in [1.29, 1.82) is 0 Å². The van der Waals surface area contributed by atoms with Gasteiger partial charge in [-0.15, -0.1) is 0 Å². The van der Waals surface area contributed by atoms with Crippen LogP contribution in [0.1, 0.15) is 38.8 Å². The predicted molar refractivity (Wildman–Crippen MR) is 106 cm³/mol. The van der Waals surface area contributed by atoms with E-state index < -0.39 is 6.10 Å². The third-order valence-corrected chi connectivity index (χ3v) is 4.28. The summed E-state index contributed by atoms with van der Waals surface area (Å²) in [6.07, 6.45) is 0.189. The van der Waals surface area contributed by atoms with Crippen LogP contribution in [0.2, 0.25) is 0 Å². The van der Waals surface area contributed by atoms with Crippen molar-refractivity contribution in [2.45, 2.75) is 39.3 Å². The minimum Gasteiger partial charge on any atom is -0.497 e. The normalized spacial score (nSPS) is 13.0. The van der Waals surface area contributed by atoms with Crippen LogP contribution >= 0.6 is 0 Å². The number of amides is 1. The van der Waals surface area contributed by atoms with Crippen molar-refractivity contribution in [3.8, 4) is 17.2 Å². The molecule has 0 saturated carbocycles. The molecule has 2 rings (SSSR count). The van der Waals surface area contributed by atoms with Crippen molar-refractivity contribution in [1.82, 2.24) is 5.32 Å². The van der Waals surface area contributed by atoms with Gasteiger partial charge < -0.3 is 19.5 Å². The maximum atomic E-state index is 12.7. The molecule has 1 N–H and O–H groups in total. The average Bonchev–Trinajstić information content (AvgIpc) is 2.67. The van der Waals surface area contributed by atoms with Gasteiger partial charge >= 0.3 is 0 Å². The highest BCUT2D eigenvalue weighted by Gasteiger charge is 2.22. The Morgan fingerprint density at radius 3 is 2.11 bits per heavy atom. The molecule has 2 aromatic carbocycles. The van der Waals surface area contributed by atoms with E-state index in [1.54, 1.807) is 33.3 Å². The SMILES string of the molecule is COc1ccc(C(CC(C)C)NC(=O)C(C)Oc2ccccc2OC)cc1. The Morgan fingerprint density at radius 1 is 0.926 bits per heavy atom. The highest BCUT2D eigenvalue weighted by atomic mass is 16.5. The van der Waals surface area contributed by atoms with Gasteiger partial charge in [-0.05, 0) is 49.1 Å². The summed E-state index contributed by atoms with van der Waals surface area (Å²) >= 11 is 0. The summed E-state index contributed by atoms with van der Waals surface area (Å²) in [4.78, 5) is 12.7. The van der Waals surface area contributed by atoms with E-state index in [4.69, 9.17) is 14.2 Å². The standard InChI is InChI=1S/C22H29NO4/c1-15(2)14-19(17-10-12-18(25-4)13-11-17)23-22(24)16(3)27-21-9-7-6-8-20(21)26-5/h6-13,15-16,19H,14H2,1-5H3,(H,23,24). The second kappa shape index (κ2) is 9.86. The molecule has 1 amide bonds. The molecule has 0 spiro atoms. The van der Waals surface area contributed by atoms with Crippen molar-refractivity contribution in [3.05, 3.63) is 54.1 Å². The van der Waals surface area contributed by atoms with E-state index in [1.807, 2.05) is 36.4 Å². The monoisotopic (exact) mass is 371 g/mol. The zero-order valence-electron chi connectivity index (χ0n) is 16.7. The highest BCUT2D eigenvalue weighted by Crippen LogP contribution is 2.27. The average molecular weight is 371 g/mol. The van der Waals surface area contributed by atoms with E-state index in [2.05, 4.69) is 19.2 Å². The van der Waals surface area contributed by atoms with Crippen LogP contribution in [-0.2, 0) is 4.79 Å². The molecule has 0 radical (unpaired) electrons. The molecular weight excluding hydrogens is 342 g/mol. The molecule has 146 valence electrons. The van der Waals surface area contributed by atoms with E-state index in [0.29, 0.717) is 17.4 Å². The minimum atomic E-state index is -0.644. The van der Waals surface area contributed by atoms with Crippen molar-refractivity contribution in [3.63, 3.8) is 0 Å². The Labute approximate surface area is 161 Å². The molecule has 2 atom stereocenters. The Morgan fingerprint density at radius 2 is 1.56 bits per heavy atom. The number of hydrogen-bond acceptors (Lipinski definition) is 4. The van der Waals surface area contributed by atoms with Crippen molar-refractivity contribution in [2.24, 2.45) is 5.92 Å². The molecular formula is C22H29NO4. The van der Waals surface area contributed by atoms with Gasteiger partial charge in [0.2, 0.25) is 0 Å². The quantitative estimate of drug-likeness (QED) is 0.711. The van der Waals surface area contributed by atoms with Gasteiger partial charge in [0.15, 0.2) is 17.6 Å². The van der Waals surface area contributed by atoms with Crippen molar-refractivity contribution >= 4 is 5.91 Å². The smallest absolute Gasteiger partial charge is 0.261 e. The van der Waals surface area contributed by atoms with Crippen LogP contribution in [0.5, 0.6) is 17.2 Å². The van der Waals surface area contributed by atoms with Crippen LogP contribution in [0.3, 0.4) is 0 Å². The van der Waals surface area contributed by atoms with Gasteiger partial charge in [0.1, 0.15) is 5.75 Å². The molecule has 5 heteroatoms. The topological polar surface area (TPSA) is 56.8 Å². The highest BCUT2D eigenvalue weighted by molar-refractivity contribution is 5.81. The maximum absolute atomic E-state index is 12.7. The maximum Gasteiger partial charge on any atom is 0.261 e. The molecule has 0 saturated heterocycles. The molecule has 0 aliphatic carbocycles. The molecule has 2 aromatic rings. The first-order valence-corrected chi connectivity index (χ1v) is 9.18. The lowest BCUT2D eigenvalue weighted by Crippen LogP contribution is -2.39. The number of nitrogens with one attached hydrogen (secondary N) is 1. The summed E-state index contributed by atoms with van der Waals surface area (Å²) in [7, 11) is 3.22. The summed E-state index contributed by atoms with van der Waals surface area (Å²) in [6, 6.07) is 15.0. The number of para-hydroxylation sites is 2. The molecule has 0 fully saturated rings. The third-order valence-electron chi connectivity index (χ3n) is 4.28. The molecule has 0 bridgehead atoms. The zero-order chi connectivity index (χ0) is 19.8. The molecule has 27 heavy (non-hydrogen) atoms. The number of carbonyl (C=O) groups excluding carboxylic acids is 1. The van der Waals surface area contributed by atoms with Crippen LogP contribution in [0, 0.1) is 5.92 Å². The van der Waals surface area contributed by atoms with Gasteiger partial charge in [-0.3, -0.25) is 4.79 Å². The summed E-state index contributed by atoms with van der Waals surface area (Å²) in [5.74, 6) is 2.21. The molecule has 0 aliphatic heterocycles. The second-order valence-electron chi connectivity index (χ2n) is 6.87. The summed E-state index contributed by atoms with van der Waals surface area (Å²) in [6.45, 7) is 6.01. The summed E-state index contributed by atoms with van der Waals surface area (Å²) < 4.78 is 16.3. The van der Waals surface area contributed by atoms with Crippen LogP contribution < -0.4 is 19.5 Å². The van der Waals surface area contributed by atoms with E-state index in [0.717, 1.165) is 17.7 Å². The van der Waals surface area contributed by atoms with Crippen LogP contribution in [0.15, 0.2) is 48.5 Å². The lowest BCUT2D eigenvalue weighted by atomic mass is 9.96. The Hall–Kier alpha value is -2.69. The Bertz CT molecular complexity index is 727. The fourth-order valence-corrected chi connectivity index (χ4v) is 2.84. The molecule has 5 nitrogen and oxygen atoms in total. The predicted octanol–water partition coefficient (Wildman–Crippen LogP) is 4.37. The summed E-state index contributed by atoms with van der Waals surface area (Å²) in [5.41, 5.74) is 1.04. The Balaban J connectivity index is 2.09. The van der Waals surface area contributed by atoms with E-state index in [9.17, 15) is 4.79 Å². The number of benzene rings is 2. The van der Waals surface area contributed by atoms with Crippen LogP contribution in [0.25, 0.3) is 0 Å². The van der Waals surface area contributed by atoms with Gasteiger partial charge in [0.25, 0.3) is 5.91 Å². The number of hydrogen-bond donors (Lipinski definition) is 1. The first-order valence-electron chi connectivity index (χ1n) is 9.18. The number of methoxy groups -OCH3 is 2. The van der Waals surface area contributed by atoms with Crippen LogP contribution in [0.4, 0.5) is 0 Å². The molecule has 2 unspecified atom stereocenters. The van der Waals surface area contributed by atoms with Gasteiger partial charge in [-0.1, -0.05) is 38.1 Å². The fraction of sp³-hybridized carbons (Fsp3) is 0.409. The van der Waals surface area contributed by atoms with E-state index in [1.165, 1.54) is 0 Å². The van der Waals surface area contributed by atoms with Gasteiger partial charge in [-0.25, -0.2) is 0 Å². The number of carbonyl (C=O) groups is 1. The summed E-state index contributed by atoms with van der Waals surface area (Å²) in [5, 5.41) is 3.11. The number of ether oxygens (including phenoxy) is 3. The van der Waals surface area contributed by atoms with E-state index in [-0.39, 0.29) is 11.9 Å². The zero-order valence-corrected chi connectivity index (χ0v) is 16.7. The minimum absolute atomic E-state index is 0.0906. The van der Waals surface area contributed by atoms with Crippen molar-refractivity contribution < 1.29 is 19.0 Å². The lowest BCUT2D eigenvalue weighted by molar-refractivity contribution is -0.128.